The van der Waals surface area contributed by atoms with Gasteiger partial charge >= 0.3 is 0 Å². The number of hydrogen-bond donors (Lipinski definition) is 1. The van der Waals surface area contributed by atoms with Gasteiger partial charge in [0.15, 0.2) is 28.6 Å². The molecule has 0 atom stereocenters. The predicted molar refractivity (Wildman–Crippen MR) is 92.6 cm³/mol. The molecule has 1 aliphatic rings. The first-order valence-electron chi connectivity index (χ1n) is 8.05. The normalized spacial score (nSPS) is 15.2. The number of imidazole rings is 1. The molecule has 1 saturated heterocycles. The van der Waals surface area contributed by atoms with Crippen molar-refractivity contribution in [1.82, 2.24) is 24.4 Å². The van der Waals surface area contributed by atoms with Crippen LogP contribution in [0.25, 0.3) is 22.7 Å². The van der Waals surface area contributed by atoms with Gasteiger partial charge in [-0.1, -0.05) is 5.92 Å². The molecule has 4 heterocycles. The van der Waals surface area contributed by atoms with E-state index in [2.05, 4.69) is 31.7 Å². The number of hydrogen-bond acceptors (Lipinski definition) is 7. The standard InChI is InChI=1S/C17H18N6O2/c1-22-16(12-4-3-9-25-12)21-14-15(18)19-13(20-17(14)22)5-2-6-23-7-10-24-11-8-23/h3-4,9H,6-8,10-11H2,1H3,(H2,18,19,20). The second kappa shape index (κ2) is 6.55. The monoisotopic (exact) mass is 338 g/mol. The number of rotatable bonds is 2. The fourth-order valence-corrected chi connectivity index (χ4v) is 2.75. The highest BCUT2D eigenvalue weighted by atomic mass is 16.5. The highest BCUT2D eigenvalue weighted by molar-refractivity contribution is 5.85. The third-order valence-corrected chi connectivity index (χ3v) is 4.09. The van der Waals surface area contributed by atoms with Crippen molar-refractivity contribution in [3.8, 4) is 23.4 Å². The highest BCUT2D eigenvalue weighted by Gasteiger charge is 2.16. The number of morpholine rings is 1. The van der Waals surface area contributed by atoms with E-state index < -0.39 is 0 Å². The molecule has 2 N–H and O–H groups in total. The number of furan rings is 1. The third kappa shape index (κ3) is 3.07. The van der Waals surface area contributed by atoms with E-state index in [4.69, 9.17) is 14.9 Å². The Morgan fingerprint density at radius 3 is 2.84 bits per heavy atom. The van der Waals surface area contributed by atoms with Gasteiger partial charge in [-0.2, -0.15) is 0 Å². The first kappa shape index (κ1) is 15.6. The Balaban J connectivity index is 1.64. The van der Waals surface area contributed by atoms with Crippen LogP contribution in [0.1, 0.15) is 5.82 Å². The van der Waals surface area contributed by atoms with Gasteiger partial charge in [0, 0.05) is 20.1 Å². The summed E-state index contributed by atoms with van der Waals surface area (Å²) < 4.78 is 12.6. The molecule has 0 spiro atoms. The minimum atomic E-state index is 0.314. The van der Waals surface area contributed by atoms with Crippen molar-refractivity contribution in [2.45, 2.75) is 0 Å². The summed E-state index contributed by atoms with van der Waals surface area (Å²) >= 11 is 0. The number of fused-ring (bicyclic) bond motifs is 1. The molecule has 1 aliphatic heterocycles. The summed E-state index contributed by atoms with van der Waals surface area (Å²) in [5, 5.41) is 0. The average Bonchev–Trinajstić information content (AvgIpc) is 3.25. The molecule has 1 fully saturated rings. The van der Waals surface area contributed by atoms with E-state index in [1.807, 2.05) is 23.7 Å². The zero-order chi connectivity index (χ0) is 17.2. The maximum absolute atomic E-state index is 6.05. The number of aromatic nitrogens is 4. The van der Waals surface area contributed by atoms with Gasteiger partial charge in [-0.3, -0.25) is 4.90 Å². The number of nitrogen functional groups attached to an aromatic ring is 1. The van der Waals surface area contributed by atoms with Crippen molar-refractivity contribution >= 4 is 17.0 Å². The maximum Gasteiger partial charge on any atom is 0.209 e. The smallest absolute Gasteiger partial charge is 0.209 e. The predicted octanol–water partition coefficient (Wildman–Crippen LogP) is 0.889. The van der Waals surface area contributed by atoms with Gasteiger partial charge in [-0.05, 0) is 18.1 Å². The minimum absolute atomic E-state index is 0.314. The second-order valence-electron chi connectivity index (χ2n) is 5.77. The topological polar surface area (TPSA) is 95.2 Å². The van der Waals surface area contributed by atoms with E-state index in [9.17, 15) is 0 Å². The second-order valence-corrected chi connectivity index (χ2v) is 5.77. The quantitative estimate of drug-likeness (QED) is 0.693. The van der Waals surface area contributed by atoms with E-state index in [1.165, 1.54) is 0 Å². The van der Waals surface area contributed by atoms with E-state index in [-0.39, 0.29) is 0 Å². The zero-order valence-electron chi connectivity index (χ0n) is 13.9. The largest absolute Gasteiger partial charge is 0.461 e. The van der Waals surface area contributed by atoms with Gasteiger partial charge in [0.1, 0.15) is 0 Å². The van der Waals surface area contributed by atoms with Crippen molar-refractivity contribution in [1.29, 1.82) is 0 Å². The van der Waals surface area contributed by atoms with Crippen molar-refractivity contribution < 1.29 is 9.15 Å². The van der Waals surface area contributed by atoms with Crippen LogP contribution in [0.2, 0.25) is 0 Å². The molecule has 25 heavy (non-hydrogen) atoms. The van der Waals surface area contributed by atoms with Crippen LogP contribution in [0.3, 0.4) is 0 Å². The molecular formula is C17H18N6O2. The van der Waals surface area contributed by atoms with Gasteiger partial charge in [0.25, 0.3) is 0 Å². The summed E-state index contributed by atoms with van der Waals surface area (Å²) in [5.41, 5.74) is 7.24. The Kier molecular flexibility index (Phi) is 4.09. The van der Waals surface area contributed by atoms with Crippen molar-refractivity contribution in [2.24, 2.45) is 7.05 Å². The Hall–Kier alpha value is -2.89. The zero-order valence-corrected chi connectivity index (χ0v) is 13.9. The minimum Gasteiger partial charge on any atom is -0.461 e. The number of ether oxygens (including phenoxy) is 1. The number of nitrogens with two attached hydrogens (primary N) is 1. The van der Waals surface area contributed by atoms with Crippen LogP contribution >= 0.6 is 0 Å². The first-order valence-corrected chi connectivity index (χ1v) is 8.05. The summed E-state index contributed by atoms with van der Waals surface area (Å²) in [6, 6.07) is 3.65. The molecule has 3 aromatic heterocycles. The van der Waals surface area contributed by atoms with E-state index in [0.717, 1.165) is 26.3 Å². The Morgan fingerprint density at radius 1 is 1.24 bits per heavy atom. The molecule has 8 nitrogen and oxygen atoms in total. The molecule has 3 aromatic rings. The highest BCUT2D eigenvalue weighted by Crippen LogP contribution is 2.25. The molecular weight excluding hydrogens is 320 g/mol. The van der Waals surface area contributed by atoms with Crippen LogP contribution in [0.4, 0.5) is 5.82 Å². The molecule has 4 rings (SSSR count). The summed E-state index contributed by atoms with van der Waals surface area (Å²) in [7, 11) is 1.87. The SMILES string of the molecule is Cn1c(-c2ccco2)nc2c(N)nc(C#CCN3CCOCC3)nc21. The molecule has 0 amide bonds. The summed E-state index contributed by atoms with van der Waals surface area (Å²) in [5.74, 6) is 8.12. The van der Waals surface area contributed by atoms with Gasteiger partial charge in [0.05, 0.1) is 26.0 Å². The molecule has 0 radical (unpaired) electrons. The van der Waals surface area contributed by atoms with Crippen molar-refractivity contribution in [2.75, 3.05) is 38.6 Å². The van der Waals surface area contributed by atoms with Crippen LogP contribution < -0.4 is 5.73 Å². The Bertz CT molecular complexity index is 945. The Labute approximate surface area is 144 Å². The van der Waals surface area contributed by atoms with E-state index >= 15 is 0 Å². The lowest BCUT2D eigenvalue weighted by Gasteiger charge is -2.24. The van der Waals surface area contributed by atoms with Crippen LogP contribution in [-0.2, 0) is 11.8 Å². The molecule has 128 valence electrons. The lowest BCUT2D eigenvalue weighted by Crippen LogP contribution is -2.36. The molecule has 0 unspecified atom stereocenters. The maximum atomic E-state index is 6.05. The Morgan fingerprint density at radius 2 is 2.08 bits per heavy atom. The van der Waals surface area contributed by atoms with Crippen LogP contribution in [-0.4, -0.2) is 57.3 Å². The van der Waals surface area contributed by atoms with E-state index in [1.54, 1.807) is 6.26 Å². The van der Waals surface area contributed by atoms with Crippen molar-refractivity contribution in [3.05, 3.63) is 24.2 Å². The van der Waals surface area contributed by atoms with Crippen LogP contribution in [0, 0.1) is 11.8 Å². The summed E-state index contributed by atoms with van der Waals surface area (Å²) in [4.78, 5) is 15.5. The van der Waals surface area contributed by atoms with Crippen LogP contribution in [0.15, 0.2) is 22.8 Å². The fraction of sp³-hybridized carbons (Fsp3) is 0.353. The lowest BCUT2D eigenvalue weighted by atomic mass is 10.4. The summed E-state index contributed by atoms with van der Waals surface area (Å²) in [6.07, 6.45) is 1.60. The van der Waals surface area contributed by atoms with Crippen LogP contribution in [0.5, 0.6) is 0 Å². The third-order valence-electron chi connectivity index (χ3n) is 4.09. The van der Waals surface area contributed by atoms with Gasteiger partial charge in [0.2, 0.25) is 5.82 Å². The molecule has 0 bridgehead atoms. The lowest BCUT2D eigenvalue weighted by molar-refractivity contribution is 0.0443. The molecule has 0 saturated carbocycles. The number of aryl methyl sites for hydroxylation is 1. The fourth-order valence-electron chi connectivity index (χ4n) is 2.75. The molecule has 0 aliphatic carbocycles. The number of nitrogens with zero attached hydrogens (tertiary/aromatic N) is 5. The van der Waals surface area contributed by atoms with E-state index in [0.29, 0.717) is 40.9 Å². The van der Waals surface area contributed by atoms with Crippen molar-refractivity contribution in [3.63, 3.8) is 0 Å². The first-order chi connectivity index (χ1) is 12.2. The average molecular weight is 338 g/mol. The number of anilines is 1. The van der Waals surface area contributed by atoms with Gasteiger partial charge in [-0.25, -0.2) is 15.0 Å². The summed E-state index contributed by atoms with van der Waals surface area (Å²) in [6.45, 7) is 3.95. The van der Waals surface area contributed by atoms with Gasteiger partial charge in [-0.15, -0.1) is 0 Å². The molecule has 8 heteroatoms. The molecule has 0 aromatic carbocycles. The van der Waals surface area contributed by atoms with Gasteiger partial charge < -0.3 is 19.5 Å².